The molecule has 1 aromatic heterocycles. The van der Waals surface area contributed by atoms with Gasteiger partial charge in [-0.05, 0) is 13.8 Å². The van der Waals surface area contributed by atoms with Crippen LogP contribution in [0.5, 0.6) is 0 Å². The molecule has 9 nitrogen and oxygen atoms in total. The largest absolute Gasteiger partial charge is 0.367 e. The summed E-state index contributed by atoms with van der Waals surface area (Å²) in [6.07, 6.45) is 2.77. The van der Waals surface area contributed by atoms with E-state index in [0.29, 0.717) is 25.3 Å². The van der Waals surface area contributed by atoms with Crippen LogP contribution in [0.1, 0.15) is 26.1 Å². The predicted octanol–water partition coefficient (Wildman–Crippen LogP) is -0.404. The molecule has 0 unspecified atom stereocenters. The van der Waals surface area contributed by atoms with Gasteiger partial charge in [0, 0.05) is 38.5 Å². The zero-order chi connectivity index (χ0) is 18.9. The molecule has 2 atom stereocenters. The lowest BCUT2D eigenvalue weighted by molar-refractivity contribution is -0.136. The number of piperazine rings is 1. The lowest BCUT2D eigenvalue weighted by Crippen LogP contribution is -2.60. The summed E-state index contributed by atoms with van der Waals surface area (Å²) >= 11 is 0. The molecule has 0 saturated carbocycles. The Morgan fingerprint density at radius 2 is 2.04 bits per heavy atom. The third-order valence-corrected chi connectivity index (χ3v) is 6.67. The number of rotatable bonds is 5. The average molecular weight is 382 g/mol. The van der Waals surface area contributed by atoms with E-state index in [9.17, 15) is 13.2 Å². The maximum absolute atomic E-state index is 12.7. The van der Waals surface area contributed by atoms with Gasteiger partial charge in [-0.2, -0.15) is 4.98 Å². The van der Waals surface area contributed by atoms with Gasteiger partial charge < -0.3 is 10.6 Å². The second-order valence-electron chi connectivity index (χ2n) is 7.22. The molecule has 2 fully saturated rings. The zero-order valence-corrected chi connectivity index (χ0v) is 16.0. The van der Waals surface area contributed by atoms with Gasteiger partial charge in [-0.1, -0.05) is 11.6 Å². The SMILES string of the molecule is CC(C)=CCN1CCN(C(=O)CCc2nc(N)n[nH]2)[C@H]2CS(=O)(=O)C[C@H]21. The van der Waals surface area contributed by atoms with Crippen molar-refractivity contribution in [2.75, 3.05) is 36.9 Å². The number of hydrogen-bond acceptors (Lipinski definition) is 7. The number of anilines is 1. The van der Waals surface area contributed by atoms with Crippen LogP contribution >= 0.6 is 0 Å². The van der Waals surface area contributed by atoms with E-state index < -0.39 is 9.84 Å². The van der Waals surface area contributed by atoms with E-state index in [4.69, 9.17) is 5.73 Å². The maximum atomic E-state index is 12.7. The fourth-order valence-corrected chi connectivity index (χ4v) is 5.66. The molecule has 2 saturated heterocycles. The smallest absolute Gasteiger partial charge is 0.239 e. The summed E-state index contributed by atoms with van der Waals surface area (Å²) in [4.78, 5) is 20.6. The van der Waals surface area contributed by atoms with E-state index in [0.717, 1.165) is 6.54 Å². The fourth-order valence-electron chi connectivity index (χ4n) is 3.65. The molecule has 3 rings (SSSR count). The highest BCUT2D eigenvalue weighted by Crippen LogP contribution is 2.27. The van der Waals surface area contributed by atoms with Gasteiger partial charge in [0.25, 0.3) is 0 Å². The van der Waals surface area contributed by atoms with Crippen LogP contribution in [0.3, 0.4) is 0 Å². The van der Waals surface area contributed by atoms with Crippen LogP contribution in [0, 0.1) is 0 Å². The van der Waals surface area contributed by atoms with Gasteiger partial charge in [0.05, 0.1) is 17.5 Å². The van der Waals surface area contributed by atoms with Crippen molar-refractivity contribution in [2.24, 2.45) is 0 Å². The van der Waals surface area contributed by atoms with Crippen molar-refractivity contribution in [1.82, 2.24) is 25.0 Å². The fraction of sp³-hybridized carbons (Fsp3) is 0.688. The average Bonchev–Trinajstić information content (AvgIpc) is 3.11. The van der Waals surface area contributed by atoms with Crippen molar-refractivity contribution in [3.63, 3.8) is 0 Å². The van der Waals surface area contributed by atoms with E-state index in [1.54, 1.807) is 4.90 Å². The van der Waals surface area contributed by atoms with E-state index in [1.165, 1.54) is 5.57 Å². The molecular weight excluding hydrogens is 356 g/mol. The first-order valence-electron chi connectivity index (χ1n) is 8.79. The normalized spacial score (nSPS) is 25.1. The number of aryl methyl sites for hydroxylation is 1. The number of nitrogens with one attached hydrogen (secondary N) is 1. The number of aromatic nitrogens is 3. The van der Waals surface area contributed by atoms with Gasteiger partial charge in [0.2, 0.25) is 11.9 Å². The summed E-state index contributed by atoms with van der Waals surface area (Å²) in [7, 11) is -3.13. The molecule has 2 aliphatic rings. The molecule has 0 spiro atoms. The number of hydrogen-bond donors (Lipinski definition) is 2. The first-order chi connectivity index (χ1) is 12.2. The second-order valence-corrected chi connectivity index (χ2v) is 9.37. The van der Waals surface area contributed by atoms with E-state index in [2.05, 4.69) is 26.2 Å². The number of carbonyl (C=O) groups is 1. The molecule has 1 amide bonds. The molecule has 3 N–H and O–H groups in total. The van der Waals surface area contributed by atoms with Crippen LogP contribution in [-0.2, 0) is 21.1 Å². The minimum absolute atomic E-state index is 0.0456. The quantitative estimate of drug-likeness (QED) is 0.664. The molecule has 1 aromatic rings. The molecule has 26 heavy (non-hydrogen) atoms. The molecule has 0 radical (unpaired) electrons. The molecule has 0 bridgehead atoms. The Labute approximate surface area is 153 Å². The highest BCUT2D eigenvalue weighted by Gasteiger charge is 2.47. The Morgan fingerprint density at radius 1 is 1.31 bits per heavy atom. The first kappa shape index (κ1) is 18.8. The van der Waals surface area contributed by atoms with Crippen LogP contribution in [-0.4, -0.2) is 82.5 Å². The number of amides is 1. The summed E-state index contributed by atoms with van der Waals surface area (Å²) in [5.41, 5.74) is 6.67. The van der Waals surface area contributed by atoms with Crippen LogP contribution in [0.2, 0.25) is 0 Å². The minimum Gasteiger partial charge on any atom is -0.367 e. The molecule has 144 valence electrons. The van der Waals surface area contributed by atoms with Crippen molar-refractivity contribution in [2.45, 2.75) is 38.8 Å². The van der Waals surface area contributed by atoms with Gasteiger partial charge >= 0.3 is 0 Å². The highest BCUT2D eigenvalue weighted by molar-refractivity contribution is 7.91. The molecule has 3 heterocycles. The van der Waals surface area contributed by atoms with Crippen LogP contribution in [0.4, 0.5) is 5.95 Å². The molecule has 2 aliphatic heterocycles. The molecule has 10 heteroatoms. The van der Waals surface area contributed by atoms with Gasteiger partial charge in [0.1, 0.15) is 5.82 Å². The standard InChI is InChI=1S/C16H26N6O3S/c1-11(2)5-6-21-7-8-22(13-10-26(24,25)9-12(13)21)15(23)4-3-14-18-16(17)20-19-14/h5,12-13H,3-4,6-10H2,1-2H3,(H3,17,18,19,20)/t12-,13+/m1/s1. The predicted molar refractivity (Wildman–Crippen MR) is 98.1 cm³/mol. The summed E-state index contributed by atoms with van der Waals surface area (Å²) in [5.74, 6) is 0.838. The summed E-state index contributed by atoms with van der Waals surface area (Å²) in [5, 5.41) is 6.44. The van der Waals surface area contributed by atoms with Gasteiger partial charge in [-0.25, -0.2) is 8.42 Å². The monoisotopic (exact) mass is 382 g/mol. The Balaban J connectivity index is 1.68. The second kappa shape index (κ2) is 7.36. The van der Waals surface area contributed by atoms with Crippen LogP contribution in [0.25, 0.3) is 0 Å². The summed E-state index contributed by atoms with van der Waals surface area (Å²) in [6, 6.07) is -0.402. The lowest BCUT2D eigenvalue weighted by Gasteiger charge is -2.43. The van der Waals surface area contributed by atoms with Crippen molar-refractivity contribution < 1.29 is 13.2 Å². The van der Waals surface area contributed by atoms with E-state index in [-0.39, 0.29) is 41.9 Å². The van der Waals surface area contributed by atoms with Crippen molar-refractivity contribution in [3.8, 4) is 0 Å². The number of H-pyrrole nitrogens is 1. The summed E-state index contributed by atoms with van der Waals surface area (Å²) in [6.45, 7) is 6.00. The van der Waals surface area contributed by atoms with Gasteiger partial charge in [-0.3, -0.25) is 14.8 Å². The number of fused-ring (bicyclic) bond motifs is 1. The van der Waals surface area contributed by atoms with Crippen LogP contribution < -0.4 is 5.73 Å². The zero-order valence-electron chi connectivity index (χ0n) is 15.2. The number of carbonyl (C=O) groups excluding carboxylic acids is 1. The third kappa shape index (κ3) is 4.24. The summed E-state index contributed by atoms with van der Waals surface area (Å²) < 4.78 is 24.4. The Morgan fingerprint density at radius 3 is 2.69 bits per heavy atom. The van der Waals surface area contributed by atoms with Gasteiger partial charge in [0.15, 0.2) is 9.84 Å². The minimum atomic E-state index is -3.13. The molecular formula is C16H26N6O3S. The van der Waals surface area contributed by atoms with Gasteiger partial charge in [-0.15, -0.1) is 5.10 Å². The van der Waals surface area contributed by atoms with E-state index in [1.807, 2.05) is 13.8 Å². The molecule has 0 aromatic carbocycles. The third-order valence-electron chi connectivity index (χ3n) is 4.97. The topological polar surface area (TPSA) is 125 Å². The first-order valence-corrected chi connectivity index (χ1v) is 10.6. The highest BCUT2D eigenvalue weighted by atomic mass is 32.2. The number of nitrogens with zero attached hydrogens (tertiary/aromatic N) is 4. The Kier molecular flexibility index (Phi) is 5.33. The number of nitrogens with two attached hydrogens (primary N) is 1. The number of aromatic amines is 1. The Bertz CT molecular complexity index is 799. The molecule has 0 aliphatic carbocycles. The number of allylic oxidation sites excluding steroid dienone is 1. The van der Waals surface area contributed by atoms with Crippen molar-refractivity contribution in [3.05, 3.63) is 17.5 Å². The number of sulfone groups is 1. The number of nitrogen functional groups attached to an aromatic ring is 1. The maximum Gasteiger partial charge on any atom is 0.239 e. The Hall–Kier alpha value is -1.94. The van der Waals surface area contributed by atoms with Crippen LogP contribution in [0.15, 0.2) is 11.6 Å². The lowest BCUT2D eigenvalue weighted by atomic mass is 10.0. The van der Waals surface area contributed by atoms with Crippen molar-refractivity contribution >= 4 is 21.7 Å². The van der Waals surface area contributed by atoms with E-state index >= 15 is 0 Å². The van der Waals surface area contributed by atoms with Crippen molar-refractivity contribution in [1.29, 1.82) is 0 Å².